The predicted molar refractivity (Wildman–Crippen MR) is 210 cm³/mol. The van der Waals surface area contributed by atoms with Crippen LogP contribution in [0.3, 0.4) is 0 Å². The van der Waals surface area contributed by atoms with Gasteiger partial charge in [0.25, 0.3) is 0 Å². The zero-order chi connectivity index (χ0) is 37.7. The van der Waals surface area contributed by atoms with E-state index in [4.69, 9.17) is 21.5 Å². The van der Waals surface area contributed by atoms with Crippen LogP contribution in [-0.2, 0) is 14.4 Å². The lowest BCUT2D eigenvalue weighted by atomic mass is 9.76. The molecule has 2 amide bonds. The molecule has 8 heteroatoms. The molecule has 1 aromatic carbocycles. The number of halogens is 1. The summed E-state index contributed by atoms with van der Waals surface area (Å²) in [5.41, 5.74) is 2.06. The van der Waals surface area contributed by atoms with Crippen molar-refractivity contribution in [3.05, 3.63) is 34.9 Å². The van der Waals surface area contributed by atoms with Crippen LogP contribution in [0.15, 0.2) is 24.3 Å². The highest BCUT2D eigenvalue weighted by molar-refractivity contribution is 6.30. The lowest BCUT2D eigenvalue weighted by Gasteiger charge is -2.34. The average Bonchev–Trinajstić information content (AvgIpc) is 3.54. The first-order valence-corrected chi connectivity index (χ1v) is 19.4. The van der Waals surface area contributed by atoms with Crippen molar-refractivity contribution in [1.29, 1.82) is 0 Å². The first kappa shape index (κ1) is 49.2. The SMILES string of the molecule is CC(C)(C)CO.CC1(C)CCC(NC=O)CC1.CCC(C)C=O.CCCCCC.CNC=O.Clc1ccc(C2CCN(C3CCC3)C2)cc1. The van der Waals surface area contributed by atoms with Crippen molar-refractivity contribution in [2.24, 2.45) is 16.7 Å². The normalized spacial score (nSPS) is 19.0. The number of hydrogen-bond donors (Lipinski definition) is 3. The van der Waals surface area contributed by atoms with Crippen LogP contribution in [0.1, 0.15) is 157 Å². The molecular weight excluding hydrogens is 634 g/mol. The predicted octanol–water partition coefficient (Wildman–Crippen LogP) is 9.59. The van der Waals surface area contributed by atoms with E-state index in [0.717, 1.165) is 48.9 Å². The fraction of sp³-hybridized carbons (Fsp3) is 0.780. The highest BCUT2D eigenvalue weighted by atomic mass is 35.5. The number of rotatable bonds is 10. The van der Waals surface area contributed by atoms with Gasteiger partial charge in [0.1, 0.15) is 6.29 Å². The average molecular weight is 711 g/mol. The third-order valence-electron chi connectivity index (χ3n) is 9.22. The van der Waals surface area contributed by atoms with Crippen molar-refractivity contribution >= 4 is 30.7 Å². The van der Waals surface area contributed by atoms with Gasteiger partial charge in [-0.2, -0.15) is 0 Å². The Kier molecular flexibility index (Phi) is 29.8. The number of carbonyl (C=O) groups excluding carboxylic acids is 3. The monoisotopic (exact) mass is 710 g/mol. The number of nitrogens with one attached hydrogen (secondary N) is 2. The van der Waals surface area contributed by atoms with Crippen LogP contribution in [0.25, 0.3) is 0 Å². The third-order valence-corrected chi connectivity index (χ3v) is 9.47. The molecule has 0 aromatic heterocycles. The van der Waals surface area contributed by atoms with Gasteiger partial charge in [0.2, 0.25) is 12.8 Å². The summed E-state index contributed by atoms with van der Waals surface area (Å²) in [4.78, 5) is 31.6. The quantitative estimate of drug-likeness (QED) is 0.166. The molecule has 4 rings (SSSR count). The van der Waals surface area contributed by atoms with Gasteiger partial charge in [0, 0.05) is 43.2 Å². The standard InChI is InChI=1S/C14H18ClN.C9H17NO.C6H14.C5H12O.C5H10O.C2H5NO/c15-13-6-4-11(5-7-13)12-8-9-16(10-12)14-2-1-3-14;1-9(2)5-3-8(4-6-9)10-7-11;1-3-5-6-4-2;1-5(2,3)4-6;1-3-5(2)4-6;1-3-2-4/h4-7,12,14H,1-3,8-10H2;7-8H,3-6H2,1-2H3,(H,10,11);3-6H2,1-2H3;6H,4H2,1-3H3;4-5H,3H2,1-2H3;2H,1H3,(H,3,4). The minimum atomic E-state index is 0.0972. The van der Waals surface area contributed by atoms with Crippen molar-refractivity contribution in [2.45, 2.75) is 164 Å². The molecule has 0 bridgehead atoms. The van der Waals surface area contributed by atoms with Gasteiger partial charge in [-0.25, -0.2) is 0 Å². The summed E-state index contributed by atoms with van der Waals surface area (Å²) in [7, 11) is 1.56. The van der Waals surface area contributed by atoms with E-state index >= 15 is 0 Å². The maximum Gasteiger partial charge on any atom is 0.207 e. The van der Waals surface area contributed by atoms with Crippen LogP contribution in [0.4, 0.5) is 0 Å². The topological polar surface area (TPSA) is 98.7 Å². The summed E-state index contributed by atoms with van der Waals surface area (Å²) in [6, 6.07) is 9.76. The molecule has 2 unspecified atom stereocenters. The van der Waals surface area contributed by atoms with Crippen molar-refractivity contribution < 1.29 is 19.5 Å². The molecule has 1 heterocycles. The van der Waals surface area contributed by atoms with Crippen molar-refractivity contribution in [3.63, 3.8) is 0 Å². The number of aliphatic hydroxyl groups excluding tert-OH is 1. The second-order valence-electron chi connectivity index (χ2n) is 15.7. The fourth-order valence-electron chi connectivity index (χ4n) is 5.14. The summed E-state index contributed by atoms with van der Waals surface area (Å²) in [6.45, 7) is 21.8. The zero-order valence-electron chi connectivity index (χ0n) is 33.2. The smallest absolute Gasteiger partial charge is 0.207 e. The van der Waals surface area contributed by atoms with E-state index in [2.05, 4.69) is 55.4 Å². The lowest BCUT2D eigenvalue weighted by Crippen LogP contribution is -2.38. The Morgan fingerprint density at radius 1 is 0.939 bits per heavy atom. The minimum Gasteiger partial charge on any atom is -0.396 e. The zero-order valence-corrected chi connectivity index (χ0v) is 33.9. The Hall–Kier alpha value is -1.96. The van der Waals surface area contributed by atoms with E-state index in [1.165, 1.54) is 82.9 Å². The van der Waals surface area contributed by atoms with E-state index < -0.39 is 0 Å². The summed E-state index contributed by atoms with van der Waals surface area (Å²) < 4.78 is 0. The summed E-state index contributed by atoms with van der Waals surface area (Å²) in [6.07, 6.45) is 19.3. The Morgan fingerprint density at radius 2 is 1.45 bits per heavy atom. The number of hydrogen-bond acceptors (Lipinski definition) is 5. The van der Waals surface area contributed by atoms with Crippen LogP contribution in [0.5, 0.6) is 0 Å². The summed E-state index contributed by atoms with van der Waals surface area (Å²) >= 11 is 5.92. The molecule has 3 aliphatic rings. The van der Waals surface area contributed by atoms with Gasteiger partial charge in [-0.3, -0.25) is 14.5 Å². The second-order valence-corrected chi connectivity index (χ2v) is 16.1. The number of nitrogens with zero attached hydrogens (tertiary/aromatic N) is 1. The largest absolute Gasteiger partial charge is 0.396 e. The van der Waals surface area contributed by atoms with Crippen molar-refractivity contribution in [1.82, 2.24) is 15.5 Å². The molecule has 2 atom stereocenters. The highest BCUT2D eigenvalue weighted by Crippen LogP contribution is 2.35. The van der Waals surface area contributed by atoms with Crippen LogP contribution < -0.4 is 10.6 Å². The van der Waals surface area contributed by atoms with E-state index in [-0.39, 0.29) is 17.9 Å². The minimum absolute atomic E-state index is 0.0972. The lowest BCUT2D eigenvalue weighted by molar-refractivity contribution is -0.111. The first-order valence-electron chi connectivity index (χ1n) is 19.0. The molecule has 1 aromatic rings. The highest BCUT2D eigenvalue weighted by Gasteiger charge is 2.32. The van der Waals surface area contributed by atoms with Crippen LogP contribution in [0, 0.1) is 16.7 Å². The van der Waals surface area contributed by atoms with Gasteiger partial charge in [-0.05, 0) is 92.4 Å². The van der Waals surface area contributed by atoms with Gasteiger partial charge in [0.15, 0.2) is 0 Å². The number of unbranched alkanes of at least 4 members (excludes halogenated alkanes) is 3. The molecule has 3 fully saturated rings. The first-order chi connectivity index (χ1) is 23.2. The number of aldehydes is 1. The number of carbonyl (C=O) groups is 3. The van der Waals surface area contributed by atoms with Crippen LogP contribution in [-0.4, -0.2) is 67.9 Å². The molecule has 49 heavy (non-hydrogen) atoms. The number of benzene rings is 1. The van der Waals surface area contributed by atoms with Gasteiger partial charge in [0.05, 0.1) is 0 Å². The maximum absolute atomic E-state index is 10.1. The third kappa shape index (κ3) is 27.4. The Balaban J connectivity index is 0. The Morgan fingerprint density at radius 3 is 1.78 bits per heavy atom. The van der Waals surface area contributed by atoms with E-state index in [1.807, 2.05) is 46.8 Å². The maximum atomic E-state index is 10.1. The summed E-state index contributed by atoms with van der Waals surface area (Å²) in [5, 5.41) is 14.3. The van der Waals surface area contributed by atoms with E-state index in [9.17, 15) is 9.59 Å². The van der Waals surface area contributed by atoms with Crippen molar-refractivity contribution in [2.75, 3.05) is 26.7 Å². The fourth-order valence-corrected chi connectivity index (χ4v) is 5.26. The van der Waals surface area contributed by atoms with E-state index in [1.54, 1.807) is 7.05 Å². The molecule has 286 valence electrons. The number of aliphatic hydroxyl groups is 1. The second kappa shape index (κ2) is 29.7. The molecule has 2 aliphatic carbocycles. The van der Waals surface area contributed by atoms with Gasteiger partial charge in [-0.15, -0.1) is 0 Å². The molecule has 2 saturated carbocycles. The molecule has 7 nitrogen and oxygen atoms in total. The molecule has 3 N–H and O–H groups in total. The molecular formula is C41H76ClN3O4. The molecule has 1 aliphatic heterocycles. The Bertz CT molecular complexity index is 918. The van der Waals surface area contributed by atoms with Gasteiger partial charge in [-0.1, -0.05) is 118 Å². The van der Waals surface area contributed by atoms with Crippen LogP contribution in [0.2, 0.25) is 5.02 Å². The molecule has 1 saturated heterocycles. The van der Waals surface area contributed by atoms with Crippen LogP contribution >= 0.6 is 11.6 Å². The van der Waals surface area contributed by atoms with Gasteiger partial charge >= 0.3 is 0 Å². The van der Waals surface area contributed by atoms with E-state index in [0.29, 0.717) is 17.9 Å². The molecule has 0 radical (unpaired) electrons. The number of likely N-dealkylation sites (tertiary alicyclic amines) is 1. The van der Waals surface area contributed by atoms with Crippen molar-refractivity contribution in [3.8, 4) is 0 Å². The van der Waals surface area contributed by atoms with Gasteiger partial charge < -0.3 is 20.5 Å². The summed E-state index contributed by atoms with van der Waals surface area (Å²) in [5.74, 6) is 0.989. The Labute approximate surface area is 307 Å². The molecule has 0 spiro atoms. The number of amides is 2.